The van der Waals surface area contributed by atoms with E-state index in [-0.39, 0.29) is 5.91 Å². The predicted molar refractivity (Wildman–Crippen MR) is 104 cm³/mol. The maximum absolute atomic E-state index is 12.6. The van der Waals surface area contributed by atoms with Crippen LogP contribution in [0.1, 0.15) is 16.2 Å². The summed E-state index contributed by atoms with van der Waals surface area (Å²) in [6.07, 6.45) is 0. The Morgan fingerprint density at radius 2 is 1.67 bits per heavy atom. The van der Waals surface area contributed by atoms with Crippen LogP contribution in [0, 0.1) is 6.92 Å². The van der Waals surface area contributed by atoms with Gasteiger partial charge in [0.05, 0.1) is 0 Å². The molecule has 0 N–H and O–H groups in total. The molecule has 0 bridgehead atoms. The summed E-state index contributed by atoms with van der Waals surface area (Å²) in [5, 5.41) is 4.57. The van der Waals surface area contributed by atoms with Crippen molar-refractivity contribution in [3.63, 3.8) is 0 Å². The molecule has 1 aliphatic heterocycles. The minimum atomic E-state index is 0.0501. The van der Waals surface area contributed by atoms with Gasteiger partial charge in [0.25, 0.3) is 5.91 Å². The van der Waals surface area contributed by atoms with Crippen molar-refractivity contribution < 1.29 is 9.32 Å². The van der Waals surface area contributed by atoms with E-state index in [2.05, 4.69) is 27.2 Å². The van der Waals surface area contributed by atoms with Crippen LogP contribution in [0.5, 0.6) is 0 Å². The number of nitrogens with zero attached hydrogens (tertiary/aromatic N) is 4. The molecule has 0 unspecified atom stereocenters. The molecule has 0 saturated carbocycles. The first-order valence-electron chi connectivity index (χ1n) is 8.81. The van der Waals surface area contributed by atoms with E-state index in [1.807, 2.05) is 17.0 Å². The minimum absolute atomic E-state index is 0.0501. The Morgan fingerprint density at radius 3 is 2.26 bits per heavy atom. The molecule has 1 aromatic heterocycles. The van der Waals surface area contributed by atoms with Gasteiger partial charge in [-0.2, -0.15) is 4.98 Å². The van der Waals surface area contributed by atoms with E-state index in [4.69, 9.17) is 16.1 Å². The number of halogens is 1. The summed E-state index contributed by atoms with van der Waals surface area (Å²) < 4.78 is 5.03. The second kappa shape index (κ2) is 7.40. The number of carbonyl (C=O) groups excluding carboxylic acids is 1. The van der Waals surface area contributed by atoms with Crippen molar-refractivity contribution >= 4 is 23.2 Å². The fraction of sp³-hybridized carbons (Fsp3) is 0.250. The van der Waals surface area contributed by atoms with Crippen molar-refractivity contribution in [1.82, 2.24) is 15.0 Å². The molecule has 2 aromatic carbocycles. The molecule has 1 saturated heterocycles. The fourth-order valence-electron chi connectivity index (χ4n) is 3.18. The van der Waals surface area contributed by atoms with Crippen molar-refractivity contribution in [3.8, 4) is 11.4 Å². The van der Waals surface area contributed by atoms with E-state index in [1.165, 1.54) is 0 Å². The summed E-state index contributed by atoms with van der Waals surface area (Å²) in [5.41, 5.74) is 2.72. The Balaban J connectivity index is 1.39. The summed E-state index contributed by atoms with van der Waals surface area (Å²) in [4.78, 5) is 21.0. The van der Waals surface area contributed by atoms with Gasteiger partial charge in [0.15, 0.2) is 0 Å². The molecule has 7 heteroatoms. The number of hydrogen-bond donors (Lipinski definition) is 0. The largest absolute Gasteiger partial charge is 0.368 e. The molecule has 2 heterocycles. The van der Waals surface area contributed by atoms with E-state index in [0.717, 1.165) is 24.3 Å². The number of carbonyl (C=O) groups is 1. The monoisotopic (exact) mass is 382 g/mol. The Bertz CT molecular complexity index is 929. The van der Waals surface area contributed by atoms with Crippen LogP contribution in [0.3, 0.4) is 0 Å². The topological polar surface area (TPSA) is 62.5 Å². The lowest BCUT2D eigenvalue weighted by molar-refractivity contribution is 0.0747. The van der Waals surface area contributed by atoms with Gasteiger partial charge >= 0.3 is 0 Å². The number of piperazine rings is 1. The minimum Gasteiger partial charge on any atom is -0.368 e. The molecule has 3 aromatic rings. The van der Waals surface area contributed by atoms with Crippen molar-refractivity contribution in [3.05, 3.63) is 65.0 Å². The number of hydrogen-bond acceptors (Lipinski definition) is 5. The van der Waals surface area contributed by atoms with Crippen LogP contribution in [-0.2, 0) is 0 Å². The lowest BCUT2D eigenvalue weighted by atomic mass is 10.1. The van der Waals surface area contributed by atoms with Crippen LogP contribution >= 0.6 is 11.6 Å². The van der Waals surface area contributed by atoms with Crippen LogP contribution in [0.2, 0.25) is 5.02 Å². The number of aromatic nitrogens is 2. The van der Waals surface area contributed by atoms with Crippen LogP contribution < -0.4 is 4.90 Å². The van der Waals surface area contributed by atoms with Gasteiger partial charge in [-0.1, -0.05) is 16.8 Å². The summed E-state index contributed by atoms with van der Waals surface area (Å²) in [6.45, 7) is 4.73. The van der Waals surface area contributed by atoms with Crippen molar-refractivity contribution in [2.45, 2.75) is 6.92 Å². The van der Waals surface area contributed by atoms with E-state index in [1.54, 1.807) is 31.2 Å². The summed E-state index contributed by atoms with van der Waals surface area (Å²) >= 11 is 5.90. The smallest absolute Gasteiger partial charge is 0.253 e. The number of amides is 1. The Hall–Kier alpha value is -2.86. The molecule has 0 aliphatic carbocycles. The highest BCUT2D eigenvalue weighted by Crippen LogP contribution is 2.22. The zero-order valence-corrected chi connectivity index (χ0v) is 15.7. The number of aryl methyl sites for hydroxylation is 1. The zero-order valence-electron chi connectivity index (χ0n) is 14.9. The molecule has 138 valence electrons. The molecule has 0 radical (unpaired) electrons. The first-order valence-corrected chi connectivity index (χ1v) is 9.18. The maximum atomic E-state index is 12.6. The van der Waals surface area contributed by atoms with E-state index in [9.17, 15) is 4.79 Å². The summed E-state index contributed by atoms with van der Waals surface area (Å²) in [7, 11) is 0. The lowest BCUT2D eigenvalue weighted by Crippen LogP contribution is -2.48. The summed E-state index contributed by atoms with van der Waals surface area (Å²) in [5.74, 6) is 1.20. The predicted octanol–water partition coefficient (Wildman–Crippen LogP) is 3.66. The number of anilines is 1. The van der Waals surface area contributed by atoms with Crippen molar-refractivity contribution in [1.29, 1.82) is 0 Å². The highest BCUT2D eigenvalue weighted by Gasteiger charge is 2.22. The standard InChI is InChI=1S/C20H19ClN4O2/c1-14-22-19(23-27-14)15-4-8-18(9-5-15)24-10-12-25(13-11-24)20(26)16-2-6-17(21)7-3-16/h2-9H,10-13H2,1H3. The maximum Gasteiger partial charge on any atom is 0.253 e. The Morgan fingerprint density at radius 1 is 1.00 bits per heavy atom. The highest BCUT2D eigenvalue weighted by atomic mass is 35.5. The molecule has 0 atom stereocenters. The van der Waals surface area contributed by atoms with E-state index < -0.39 is 0 Å². The molecule has 0 spiro atoms. The van der Waals surface area contributed by atoms with Crippen LogP contribution in [0.25, 0.3) is 11.4 Å². The lowest BCUT2D eigenvalue weighted by Gasteiger charge is -2.36. The number of benzene rings is 2. The first-order chi connectivity index (χ1) is 13.1. The van der Waals surface area contributed by atoms with Gasteiger partial charge in [-0.05, 0) is 48.5 Å². The van der Waals surface area contributed by atoms with Gasteiger partial charge in [0.2, 0.25) is 11.7 Å². The van der Waals surface area contributed by atoms with Crippen molar-refractivity contribution in [2.75, 3.05) is 31.1 Å². The molecule has 1 aliphatic rings. The van der Waals surface area contributed by atoms with Crippen molar-refractivity contribution in [2.24, 2.45) is 0 Å². The quantitative estimate of drug-likeness (QED) is 0.691. The molecule has 27 heavy (non-hydrogen) atoms. The molecule has 4 rings (SSSR count). The van der Waals surface area contributed by atoms with Gasteiger partial charge in [-0.25, -0.2) is 0 Å². The average molecular weight is 383 g/mol. The van der Waals surface area contributed by atoms with Crippen LogP contribution in [0.15, 0.2) is 53.1 Å². The third kappa shape index (κ3) is 3.80. The average Bonchev–Trinajstić information content (AvgIpc) is 3.15. The molecule has 6 nitrogen and oxygen atoms in total. The van der Waals surface area contributed by atoms with Gasteiger partial charge < -0.3 is 14.3 Å². The van der Waals surface area contributed by atoms with Gasteiger partial charge in [-0.3, -0.25) is 4.79 Å². The molecule has 1 fully saturated rings. The van der Waals surface area contributed by atoms with Crippen LogP contribution in [0.4, 0.5) is 5.69 Å². The second-order valence-electron chi connectivity index (χ2n) is 6.47. The SMILES string of the molecule is Cc1nc(-c2ccc(N3CCN(C(=O)c4ccc(Cl)cc4)CC3)cc2)no1. The van der Waals surface area contributed by atoms with Gasteiger partial charge in [0.1, 0.15) is 0 Å². The fourth-order valence-corrected chi connectivity index (χ4v) is 3.31. The molecule has 1 amide bonds. The van der Waals surface area contributed by atoms with Gasteiger partial charge in [-0.15, -0.1) is 0 Å². The van der Waals surface area contributed by atoms with Gasteiger partial charge in [0, 0.05) is 54.9 Å². The Kier molecular flexibility index (Phi) is 4.81. The highest BCUT2D eigenvalue weighted by molar-refractivity contribution is 6.30. The third-order valence-electron chi connectivity index (χ3n) is 4.68. The van der Waals surface area contributed by atoms with E-state index in [0.29, 0.717) is 35.4 Å². The second-order valence-corrected chi connectivity index (χ2v) is 6.91. The molecular formula is C20H19ClN4O2. The van der Waals surface area contributed by atoms with Crippen LogP contribution in [-0.4, -0.2) is 47.1 Å². The zero-order chi connectivity index (χ0) is 18.8. The first kappa shape index (κ1) is 17.5. The third-order valence-corrected chi connectivity index (χ3v) is 4.93. The normalized spacial score (nSPS) is 14.4. The Labute approximate surface area is 162 Å². The number of rotatable bonds is 3. The molecular weight excluding hydrogens is 364 g/mol. The van der Waals surface area contributed by atoms with E-state index >= 15 is 0 Å². The summed E-state index contributed by atoms with van der Waals surface area (Å²) in [6, 6.07) is 15.1.